The summed E-state index contributed by atoms with van der Waals surface area (Å²) in [7, 11) is 0. The molecular formula is C11H22N2O. The summed E-state index contributed by atoms with van der Waals surface area (Å²) in [5.74, 6) is 0. The van der Waals surface area contributed by atoms with E-state index in [9.17, 15) is 0 Å². The number of rotatable bonds is 5. The smallest absolute Gasteiger partial charge is 0.0700 e. The summed E-state index contributed by atoms with van der Waals surface area (Å²) in [4.78, 5) is 2.52. The lowest BCUT2D eigenvalue weighted by atomic mass is 10.2. The molecule has 1 unspecified atom stereocenters. The van der Waals surface area contributed by atoms with Crippen molar-refractivity contribution in [1.29, 1.82) is 0 Å². The Morgan fingerprint density at radius 1 is 1.43 bits per heavy atom. The van der Waals surface area contributed by atoms with Crippen molar-refractivity contribution in [3.8, 4) is 0 Å². The quantitative estimate of drug-likeness (QED) is 0.709. The van der Waals surface area contributed by atoms with E-state index in [0.717, 1.165) is 38.7 Å². The molecular weight excluding hydrogens is 176 g/mol. The molecule has 1 saturated carbocycles. The van der Waals surface area contributed by atoms with Gasteiger partial charge in [-0.25, -0.2) is 0 Å². The minimum Gasteiger partial charge on any atom is -0.376 e. The number of nitrogens with one attached hydrogen (secondary N) is 1. The maximum absolute atomic E-state index is 5.64. The van der Waals surface area contributed by atoms with Crippen LogP contribution in [0.2, 0.25) is 0 Å². The minimum absolute atomic E-state index is 0.477. The molecule has 0 bridgehead atoms. The molecule has 1 aliphatic heterocycles. The van der Waals surface area contributed by atoms with E-state index in [1.165, 1.54) is 19.4 Å². The second-order valence-electron chi connectivity index (χ2n) is 4.43. The zero-order valence-electron chi connectivity index (χ0n) is 9.17. The normalized spacial score (nSPS) is 29.4. The highest BCUT2D eigenvalue weighted by Crippen LogP contribution is 2.18. The van der Waals surface area contributed by atoms with Crippen LogP contribution < -0.4 is 5.32 Å². The summed E-state index contributed by atoms with van der Waals surface area (Å²) in [6.45, 7) is 7.71. The van der Waals surface area contributed by atoms with Gasteiger partial charge in [-0.15, -0.1) is 0 Å². The van der Waals surface area contributed by atoms with E-state index >= 15 is 0 Å². The highest BCUT2D eigenvalue weighted by atomic mass is 16.5. The van der Waals surface area contributed by atoms with Crippen LogP contribution in [0.15, 0.2) is 0 Å². The lowest BCUT2D eigenvalue weighted by Gasteiger charge is -2.32. The summed E-state index contributed by atoms with van der Waals surface area (Å²) < 4.78 is 5.64. The Hall–Kier alpha value is -0.120. The highest BCUT2D eigenvalue weighted by Gasteiger charge is 2.21. The Morgan fingerprint density at radius 3 is 3.00 bits per heavy atom. The maximum atomic E-state index is 5.64. The fraction of sp³-hybridized carbons (Fsp3) is 1.00. The van der Waals surface area contributed by atoms with Crippen LogP contribution >= 0.6 is 0 Å². The Balaban J connectivity index is 1.58. The van der Waals surface area contributed by atoms with Crippen molar-refractivity contribution < 1.29 is 4.74 Å². The molecule has 3 heteroatoms. The van der Waals surface area contributed by atoms with Gasteiger partial charge in [-0.05, 0) is 19.3 Å². The van der Waals surface area contributed by atoms with Crippen LogP contribution in [-0.2, 0) is 4.74 Å². The largest absolute Gasteiger partial charge is 0.376 e. The molecule has 0 aromatic rings. The predicted molar refractivity (Wildman–Crippen MR) is 57.5 cm³/mol. The Kier molecular flexibility index (Phi) is 3.79. The Morgan fingerprint density at radius 2 is 2.29 bits per heavy atom. The maximum Gasteiger partial charge on any atom is 0.0700 e. The van der Waals surface area contributed by atoms with Crippen LogP contribution in [0.4, 0.5) is 0 Å². The Labute approximate surface area is 86.8 Å². The summed E-state index contributed by atoms with van der Waals surface area (Å²) in [6, 6.07) is 0.845. The van der Waals surface area contributed by atoms with Gasteiger partial charge in [-0.2, -0.15) is 0 Å². The average molecular weight is 198 g/mol. The van der Waals surface area contributed by atoms with Gasteiger partial charge in [0.05, 0.1) is 12.7 Å². The van der Waals surface area contributed by atoms with Gasteiger partial charge >= 0.3 is 0 Å². The molecule has 0 radical (unpaired) electrons. The number of ether oxygens (including phenoxy) is 1. The molecule has 0 spiro atoms. The highest BCUT2D eigenvalue weighted by molar-refractivity contribution is 4.81. The molecule has 3 nitrogen and oxygen atoms in total. The van der Waals surface area contributed by atoms with Crippen molar-refractivity contribution in [2.75, 3.05) is 32.8 Å². The standard InChI is InChI=1S/C11H22N2O/c1-2-11-9-13(7-8-14-11)6-5-12-10-3-4-10/h10-12H,2-9H2,1H3. The van der Waals surface area contributed by atoms with E-state index in [2.05, 4.69) is 17.1 Å². The number of hydrogen-bond acceptors (Lipinski definition) is 3. The first-order chi connectivity index (χ1) is 6.88. The van der Waals surface area contributed by atoms with Gasteiger partial charge in [0, 0.05) is 32.2 Å². The number of hydrogen-bond donors (Lipinski definition) is 1. The second kappa shape index (κ2) is 5.10. The van der Waals surface area contributed by atoms with Gasteiger partial charge in [0.25, 0.3) is 0 Å². The molecule has 1 saturated heterocycles. The first-order valence-electron chi connectivity index (χ1n) is 5.96. The van der Waals surface area contributed by atoms with Gasteiger partial charge in [0.15, 0.2) is 0 Å². The monoisotopic (exact) mass is 198 g/mol. The second-order valence-corrected chi connectivity index (χ2v) is 4.43. The van der Waals surface area contributed by atoms with Crippen molar-refractivity contribution in [2.45, 2.75) is 38.3 Å². The van der Waals surface area contributed by atoms with Crippen molar-refractivity contribution in [2.24, 2.45) is 0 Å². The predicted octanol–water partition coefficient (Wildman–Crippen LogP) is 0.849. The zero-order chi connectivity index (χ0) is 9.80. The van der Waals surface area contributed by atoms with Gasteiger partial charge < -0.3 is 10.1 Å². The van der Waals surface area contributed by atoms with Crippen LogP contribution in [-0.4, -0.2) is 49.8 Å². The number of nitrogens with zero attached hydrogens (tertiary/aromatic N) is 1. The third-order valence-electron chi connectivity index (χ3n) is 3.12. The molecule has 0 aromatic carbocycles. The SMILES string of the molecule is CCC1CN(CCNC2CC2)CCO1. The van der Waals surface area contributed by atoms with Crippen molar-refractivity contribution in [1.82, 2.24) is 10.2 Å². The summed E-state index contributed by atoms with van der Waals surface area (Å²) >= 11 is 0. The fourth-order valence-electron chi connectivity index (χ4n) is 1.94. The summed E-state index contributed by atoms with van der Waals surface area (Å²) in [6.07, 6.45) is 4.40. The van der Waals surface area contributed by atoms with E-state index in [-0.39, 0.29) is 0 Å². The molecule has 2 aliphatic rings. The van der Waals surface area contributed by atoms with Crippen LogP contribution in [0.25, 0.3) is 0 Å². The van der Waals surface area contributed by atoms with Crippen molar-refractivity contribution in [3.63, 3.8) is 0 Å². The topological polar surface area (TPSA) is 24.5 Å². The zero-order valence-corrected chi connectivity index (χ0v) is 9.17. The molecule has 2 rings (SSSR count). The van der Waals surface area contributed by atoms with Crippen LogP contribution in [0.5, 0.6) is 0 Å². The van der Waals surface area contributed by atoms with Gasteiger partial charge in [0.1, 0.15) is 0 Å². The van der Waals surface area contributed by atoms with Crippen molar-refractivity contribution in [3.05, 3.63) is 0 Å². The molecule has 14 heavy (non-hydrogen) atoms. The third-order valence-corrected chi connectivity index (χ3v) is 3.12. The van der Waals surface area contributed by atoms with E-state index in [1.807, 2.05) is 0 Å². The van der Waals surface area contributed by atoms with Gasteiger partial charge in [0.2, 0.25) is 0 Å². The van der Waals surface area contributed by atoms with Crippen LogP contribution in [0.3, 0.4) is 0 Å². The molecule has 0 aromatic heterocycles. The molecule has 2 fully saturated rings. The van der Waals surface area contributed by atoms with E-state index in [4.69, 9.17) is 4.74 Å². The average Bonchev–Trinajstić information content (AvgIpc) is 3.02. The van der Waals surface area contributed by atoms with Gasteiger partial charge in [-0.1, -0.05) is 6.92 Å². The molecule has 0 amide bonds. The van der Waals surface area contributed by atoms with E-state index in [1.54, 1.807) is 0 Å². The minimum atomic E-state index is 0.477. The lowest BCUT2D eigenvalue weighted by molar-refractivity contribution is -0.0290. The van der Waals surface area contributed by atoms with Gasteiger partial charge in [-0.3, -0.25) is 4.90 Å². The summed E-state index contributed by atoms with van der Waals surface area (Å²) in [5.41, 5.74) is 0. The van der Waals surface area contributed by atoms with Crippen LogP contribution in [0, 0.1) is 0 Å². The molecule has 1 heterocycles. The first kappa shape index (κ1) is 10.4. The van der Waals surface area contributed by atoms with Crippen molar-refractivity contribution >= 4 is 0 Å². The lowest BCUT2D eigenvalue weighted by Crippen LogP contribution is -2.44. The third kappa shape index (κ3) is 3.23. The fourth-order valence-corrected chi connectivity index (χ4v) is 1.94. The Bertz CT molecular complexity index is 171. The number of morpholine rings is 1. The molecule has 1 aliphatic carbocycles. The first-order valence-corrected chi connectivity index (χ1v) is 5.96. The van der Waals surface area contributed by atoms with E-state index in [0.29, 0.717) is 6.10 Å². The van der Waals surface area contributed by atoms with E-state index < -0.39 is 0 Å². The molecule has 82 valence electrons. The van der Waals surface area contributed by atoms with Crippen LogP contribution in [0.1, 0.15) is 26.2 Å². The summed E-state index contributed by atoms with van der Waals surface area (Å²) in [5, 5.41) is 3.55. The molecule has 1 atom stereocenters. The molecule has 1 N–H and O–H groups in total.